The molecular weight excluding hydrogens is 373 g/mol. The van der Waals surface area contributed by atoms with Crippen molar-refractivity contribution in [1.29, 1.82) is 0 Å². The second kappa shape index (κ2) is 6.54. The number of carbonyl (C=O) groups excluding carboxylic acids is 3. The first-order valence-electron chi connectivity index (χ1n) is 8.17. The Balaban J connectivity index is 1.61. The monoisotopic (exact) mass is 387 g/mol. The highest BCUT2D eigenvalue weighted by atomic mass is 32.1. The van der Waals surface area contributed by atoms with Gasteiger partial charge >= 0.3 is 0 Å². The minimum absolute atomic E-state index is 0.125. The maximum absolute atomic E-state index is 13.9. The zero-order valence-electron chi connectivity index (χ0n) is 14.2. The number of aryl methyl sites for hydroxylation is 1. The lowest BCUT2D eigenvalue weighted by Crippen LogP contribution is -2.37. The number of aromatic nitrogens is 3. The molecule has 0 unspecified atom stereocenters. The second-order valence-corrected chi connectivity index (χ2v) is 7.10. The molecule has 27 heavy (non-hydrogen) atoms. The summed E-state index contributed by atoms with van der Waals surface area (Å²) < 4.78 is 16.0. The maximum Gasteiger partial charge on any atom is 0.245 e. The fourth-order valence-corrected chi connectivity index (χ4v) is 3.80. The molecule has 0 atom stereocenters. The Morgan fingerprint density at radius 2 is 2.04 bits per heavy atom. The van der Waals surface area contributed by atoms with E-state index < -0.39 is 11.7 Å². The van der Waals surface area contributed by atoms with Crippen molar-refractivity contribution in [2.75, 3.05) is 11.9 Å². The van der Waals surface area contributed by atoms with E-state index in [9.17, 15) is 18.8 Å². The molecule has 3 heterocycles. The van der Waals surface area contributed by atoms with Crippen LogP contribution < -0.4 is 5.32 Å². The average Bonchev–Trinajstić information content (AvgIpc) is 3.29. The molecule has 1 N–H and O–H groups in total. The molecule has 0 saturated carbocycles. The van der Waals surface area contributed by atoms with E-state index in [-0.39, 0.29) is 36.7 Å². The van der Waals surface area contributed by atoms with E-state index in [4.69, 9.17) is 0 Å². The molecule has 8 nitrogen and oxygen atoms in total. The summed E-state index contributed by atoms with van der Waals surface area (Å²) >= 11 is 1.23. The zero-order chi connectivity index (χ0) is 19.1. The van der Waals surface area contributed by atoms with Crippen molar-refractivity contribution in [2.45, 2.75) is 19.8 Å². The van der Waals surface area contributed by atoms with E-state index in [0.29, 0.717) is 21.3 Å². The molecule has 1 fully saturated rings. The number of fused-ring (bicyclic) bond motifs is 1. The van der Waals surface area contributed by atoms with E-state index in [0.717, 1.165) is 4.90 Å². The molecule has 1 aromatic carbocycles. The summed E-state index contributed by atoms with van der Waals surface area (Å²) in [7, 11) is 0. The van der Waals surface area contributed by atoms with Crippen LogP contribution in [0.4, 0.5) is 10.2 Å². The third-order valence-corrected chi connectivity index (χ3v) is 5.09. The molecule has 0 aliphatic carbocycles. The number of amides is 3. The van der Waals surface area contributed by atoms with Gasteiger partial charge in [-0.05, 0) is 19.1 Å². The van der Waals surface area contributed by atoms with Crippen LogP contribution in [0.15, 0.2) is 24.3 Å². The van der Waals surface area contributed by atoms with E-state index in [2.05, 4.69) is 15.4 Å². The summed E-state index contributed by atoms with van der Waals surface area (Å²) in [5, 5.41) is 7.34. The van der Waals surface area contributed by atoms with Gasteiger partial charge in [0.15, 0.2) is 0 Å². The van der Waals surface area contributed by atoms with Gasteiger partial charge in [-0.3, -0.25) is 19.3 Å². The summed E-state index contributed by atoms with van der Waals surface area (Å²) in [5.74, 6) is -1.35. The van der Waals surface area contributed by atoms with Crippen molar-refractivity contribution in [3.05, 3.63) is 35.8 Å². The molecule has 0 bridgehead atoms. The number of likely N-dealkylation sites (tertiary alicyclic amines) is 1. The number of benzene rings is 1. The first-order chi connectivity index (χ1) is 12.9. The first-order valence-corrected chi connectivity index (χ1v) is 8.99. The molecule has 1 aliphatic rings. The molecule has 2 aromatic heterocycles. The van der Waals surface area contributed by atoms with Crippen LogP contribution in [-0.2, 0) is 14.4 Å². The Morgan fingerprint density at radius 1 is 1.30 bits per heavy atom. The Morgan fingerprint density at radius 3 is 2.74 bits per heavy atom. The van der Waals surface area contributed by atoms with Crippen LogP contribution in [0, 0.1) is 12.7 Å². The topological polar surface area (TPSA) is 97.2 Å². The van der Waals surface area contributed by atoms with Crippen LogP contribution >= 0.6 is 11.3 Å². The van der Waals surface area contributed by atoms with Gasteiger partial charge in [0.25, 0.3) is 0 Å². The SMILES string of the molecule is Cc1cc(NC(=O)CN2C(=O)CCC2=O)n(-c2nc3c(F)cccc3s2)n1. The predicted molar refractivity (Wildman–Crippen MR) is 96.0 cm³/mol. The van der Waals surface area contributed by atoms with Crippen molar-refractivity contribution in [3.63, 3.8) is 0 Å². The highest BCUT2D eigenvalue weighted by Gasteiger charge is 2.30. The Bertz CT molecular complexity index is 1070. The number of rotatable bonds is 4. The zero-order valence-corrected chi connectivity index (χ0v) is 15.0. The van der Waals surface area contributed by atoms with Crippen LogP contribution in [0.5, 0.6) is 0 Å². The summed E-state index contributed by atoms with van der Waals surface area (Å²) in [6, 6.07) is 6.31. The molecule has 1 aliphatic heterocycles. The van der Waals surface area contributed by atoms with Crippen LogP contribution in [0.3, 0.4) is 0 Å². The van der Waals surface area contributed by atoms with Crippen molar-refractivity contribution in [2.24, 2.45) is 0 Å². The molecule has 138 valence electrons. The highest BCUT2D eigenvalue weighted by Crippen LogP contribution is 2.28. The molecule has 10 heteroatoms. The number of para-hydroxylation sites is 1. The van der Waals surface area contributed by atoms with E-state index in [1.54, 1.807) is 25.1 Å². The standard InChI is InChI=1S/C17H14FN5O3S/c1-9-7-12(19-13(24)8-22-14(25)5-6-15(22)26)23(21-9)17-20-16-10(18)3-2-4-11(16)27-17/h2-4,7H,5-6,8H2,1H3,(H,19,24). The fourth-order valence-electron chi connectivity index (χ4n) is 2.85. The van der Waals surface area contributed by atoms with Gasteiger partial charge in [-0.1, -0.05) is 17.4 Å². The molecule has 4 rings (SSSR count). The molecule has 3 aromatic rings. The van der Waals surface area contributed by atoms with E-state index in [1.807, 2.05) is 0 Å². The van der Waals surface area contributed by atoms with E-state index >= 15 is 0 Å². The number of hydrogen-bond acceptors (Lipinski definition) is 6. The normalized spacial score (nSPS) is 14.4. The lowest BCUT2D eigenvalue weighted by molar-refractivity contribution is -0.141. The number of imide groups is 1. The summed E-state index contributed by atoms with van der Waals surface area (Å²) in [6.45, 7) is 1.39. The Hall–Kier alpha value is -3.14. The van der Waals surface area contributed by atoms with Gasteiger partial charge in [0, 0.05) is 18.9 Å². The van der Waals surface area contributed by atoms with Gasteiger partial charge in [0.05, 0.1) is 10.4 Å². The van der Waals surface area contributed by atoms with E-state index in [1.165, 1.54) is 22.1 Å². The number of anilines is 1. The Labute approximate surface area is 156 Å². The summed E-state index contributed by atoms with van der Waals surface area (Å²) in [6.07, 6.45) is 0.251. The van der Waals surface area contributed by atoms with Crippen LogP contribution in [0.2, 0.25) is 0 Å². The third-order valence-electron chi connectivity index (χ3n) is 4.10. The molecular formula is C17H14FN5O3S. The minimum Gasteiger partial charge on any atom is -0.309 e. The number of nitrogens with one attached hydrogen (secondary N) is 1. The predicted octanol–water partition coefficient (Wildman–Crippen LogP) is 2.02. The highest BCUT2D eigenvalue weighted by molar-refractivity contribution is 7.20. The van der Waals surface area contributed by atoms with Crippen molar-refractivity contribution < 1.29 is 18.8 Å². The van der Waals surface area contributed by atoms with Gasteiger partial charge in [0.2, 0.25) is 22.9 Å². The number of hydrogen-bond donors (Lipinski definition) is 1. The van der Waals surface area contributed by atoms with Crippen molar-refractivity contribution >= 4 is 45.1 Å². The van der Waals surface area contributed by atoms with Crippen LogP contribution in [0.25, 0.3) is 15.3 Å². The maximum atomic E-state index is 13.9. The number of halogens is 1. The van der Waals surface area contributed by atoms with Crippen molar-refractivity contribution in [3.8, 4) is 5.13 Å². The lowest BCUT2D eigenvalue weighted by Gasteiger charge is -2.13. The van der Waals surface area contributed by atoms with Crippen LogP contribution in [0.1, 0.15) is 18.5 Å². The van der Waals surface area contributed by atoms with Gasteiger partial charge in [-0.25, -0.2) is 9.37 Å². The number of carbonyl (C=O) groups is 3. The van der Waals surface area contributed by atoms with Gasteiger partial charge in [0.1, 0.15) is 23.7 Å². The smallest absolute Gasteiger partial charge is 0.245 e. The first kappa shape index (κ1) is 17.3. The van der Waals surface area contributed by atoms with Gasteiger partial charge in [-0.2, -0.15) is 9.78 Å². The minimum atomic E-state index is -0.521. The number of thiazole rings is 1. The van der Waals surface area contributed by atoms with Gasteiger partial charge < -0.3 is 5.32 Å². The largest absolute Gasteiger partial charge is 0.309 e. The molecule has 0 radical (unpaired) electrons. The fraction of sp³-hybridized carbons (Fsp3) is 0.235. The average molecular weight is 387 g/mol. The van der Waals surface area contributed by atoms with Crippen LogP contribution in [-0.4, -0.2) is 43.9 Å². The number of nitrogens with zero attached hydrogens (tertiary/aromatic N) is 4. The lowest BCUT2D eigenvalue weighted by atomic mass is 10.3. The summed E-state index contributed by atoms with van der Waals surface area (Å²) in [4.78, 5) is 40.8. The van der Waals surface area contributed by atoms with Gasteiger partial charge in [-0.15, -0.1) is 0 Å². The summed E-state index contributed by atoms with van der Waals surface area (Å²) in [5.41, 5.74) is 0.856. The molecule has 0 spiro atoms. The quantitative estimate of drug-likeness (QED) is 0.691. The molecule has 1 saturated heterocycles. The van der Waals surface area contributed by atoms with Crippen molar-refractivity contribution in [1.82, 2.24) is 19.7 Å². The second-order valence-electron chi connectivity index (χ2n) is 6.09. The molecule has 3 amide bonds. The Kier molecular flexibility index (Phi) is 4.19. The third kappa shape index (κ3) is 3.19.